The van der Waals surface area contributed by atoms with Crippen LogP contribution in [-0.4, -0.2) is 53.5 Å². The molecule has 0 spiro atoms. The van der Waals surface area contributed by atoms with Gasteiger partial charge >= 0.3 is 5.97 Å². The van der Waals surface area contributed by atoms with Crippen LogP contribution in [-0.2, 0) is 4.79 Å². The summed E-state index contributed by atoms with van der Waals surface area (Å²) in [6.45, 7) is 2.19. The number of rotatable bonds is 12. The largest absolute Gasteiger partial charge is 0.490 e. The number of carbonyl (C=O) groups excluding carboxylic acids is 1. The number of carboxylic acid groups (broad SMARTS) is 1. The molecule has 2 aromatic rings. The van der Waals surface area contributed by atoms with Crippen LogP contribution in [0.25, 0.3) is 10.1 Å². The van der Waals surface area contributed by atoms with Crippen LogP contribution in [0.5, 0.6) is 11.5 Å². The van der Waals surface area contributed by atoms with E-state index in [0.717, 1.165) is 10.1 Å². The second-order valence-electron chi connectivity index (χ2n) is 6.17. The van der Waals surface area contributed by atoms with Crippen molar-refractivity contribution in [1.82, 2.24) is 0 Å². The van der Waals surface area contributed by atoms with Gasteiger partial charge in [-0.3, -0.25) is 9.59 Å². The molecule has 8 heteroatoms. The van der Waals surface area contributed by atoms with Gasteiger partial charge in [-0.05, 0) is 17.5 Å². The molecule has 1 atom stereocenters. The van der Waals surface area contributed by atoms with E-state index in [1.54, 1.807) is 18.2 Å². The van der Waals surface area contributed by atoms with Gasteiger partial charge in [0.2, 0.25) is 0 Å². The van der Waals surface area contributed by atoms with Gasteiger partial charge in [-0.15, -0.1) is 11.3 Å². The lowest BCUT2D eigenvalue weighted by Gasteiger charge is -2.12. The second kappa shape index (κ2) is 10.2. The lowest BCUT2D eigenvalue weighted by atomic mass is 10.0. The van der Waals surface area contributed by atoms with Crippen LogP contribution in [0, 0.1) is 5.92 Å². The van der Waals surface area contributed by atoms with Crippen molar-refractivity contribution in [2.75, 3.05) is 26.4 Å². The molecule has 0 aliphatic rings. The molecule has 0 saturated heterocycles. The Kier molecular flexibility index (Phi) is 8.02. The Morgan fingerprint density at radius 1 is 1.04 bits per heavy atom. The fourth-order valence-corrected chi connectivity index (χ4v) is 3.39. The van der Waals surface area contributed by atoms with Crippen LogP contribution >= 0.6 is 11.3 Å². The molecule has 7 nitrogen and oxygen atoms in total. The fraction of sp³-hybridized carbons (Fsp3) is 0.474. The molecule has 2 rings (SSSR count). The van der Waals surface area contributed by atoms with Gasteiger partial charge in [0.15, 0.2) is 17.3 Å². The topological polar surface area (TPSA) is 113 Å². The van der Waals surface area contributed by atoms with Gasteiger partial charge < -0.3 is 24.8 Å². The summed E-state index contributed by atoms with van der Waals surface area (Å²) in [6, 6.07) is 5.28. The van der Waals surface area contributed by atoms with Gasteiger partial charge in [0.1, 0.15) is 0 Å². The maximum atomic E-state index is 12.3. The van der Waals surface area contributed by atoms with E-state index >= 15 is 0 Å². The SMILES string of the molecule is C[C@@H](CC(=O)c1cc2cc(OCCCO)c(OCCCO)cc2s1)C(=O)O. The average molecular weight is 396 g/mol. The monoisotopic (exact) mass is 396 g/mol. The van der Waals surface area contributed by atoms with Crippen molar-refractivity contribution in [3.63, 3.8) is 0 Å². The highest BCUT2D eigenvalue weighted by atomic mass is 32.1. The Morgan fingerprint density at radius 2 is 1.63 bits per heavy atom. The van der Waals surface area contributed by atoms with E-state index < -0.39 is 11.9 Å². The molecule has 0 aliphatic heterocycles. The number of carboxylic acids is 1. The highest BCUT2D eigenvalue weighted by Gasteiger charge is 2.19. The van der Waals surface area contributed by atoms with Crippen molar-refractivity contribution in [2.24, 2.45) is 5.92 Å². The van der Waals surface area contributed by atoms with E-state index in [2.05, 4.69) is 0 Å². The summed E-state index contributed by atoms with van der Waals surface area (Å²) < 4.78 is 12.2. The van der Waals surface area contributed by atoms with Crippen molar-refractivity contribution >= 4 is 33.2 Å². The molecule has 1 heterocycles. The molecule has 3 N–H and O–H groups in total. The van der Waals surface area contributed by atoms with E-state index in [1.807, 2.05) is 0 Å². The number of ketones is 1. The van der Waals surface area contributed by atoms with Crippen LogP contribution in [0.3, 0.4) is 0 Å². The summed E-state index contributed by atoms with van der Waals surface area (Å²) >= 11 is 1.28. The van der Waals surface area contributed by atoms with Crippen LogP contribution in [0.2, 0.25) is 0 Å². The van der Waals surface area contributed by atoms with Crippen molar-refractivity contribution in [3.8, 4) is 11.5 Å². The molecule has 0 aliphatic carbocycles. The average Bonchev–Trinajstić information content (AvgIpc) is 3.05. The number of hydrogen-bond acceptors (Lipinski definition) is 7. The highest BCUT2D eigenvalue weighted by Crippen LogP contribution is 2.37. The molecule has 1 aromatic heterocycles. The number of ether oxygens (including phenoxy) is 2. The minimum absolute atomic E-state index is 0.0157. The van der Waals surface area contributed by atoms with E-state index in [9.17, 15) is 9.59 Å². The first-order valence-corrected chi connectivity index (χ1v) is 9.58. The van der Waals surface area contributed by atoms with Gasteiger partial charge in [0, 0.05) is 43.2 Å². The number of carbonyl (C=O) groups is 2. The Labute approximate surface area is 161 Å². The summed E-state index contributed by atoms with van der Waals surface area (Å²) in [5.41, 5.74) is 0. The van der Waals surface area contributed by atoms with Crippen molar-refractivity contribution in [2.45, 2.75) is 26.2 Å². The van der Waals surface area contributed by atoms with Gasteiger partial charge in [-0.1, -0.05) is 6.92 Å². The fourth-order valence-electron chi connectivity index (χ4n) is 2.37. The smallest absolute Gasteiger partial charge is 0.306 e. The van der Waals surface area contributed by atoms with Gasteiger partial charge in [0.05, 0.1) is 24.0 Å². The Balaban J connectivity index is 2.26. The number of hydrogen-bond donors (Lipinski definition) is 3. The third-order valence-electron chi connectivity index (χ3n) is 3.89. The molecule has 1 aromatic carbocycles. The molecular formula is C19H24O7S. The molecule has 27 heavy (non-hydrogen) atoms. The highest BCUT2D eigenvalue weighted by molar-refractivity contribution is 7.20. The minimum atomic E-state index is -0.997. The zero-order chi connectivity index (χ0) is 19.8. The second-order valence-corrected chi connectivity index (χ2v) is 7.25. The van der Waals surface area contributed by atoms with Crippen LogP contribution in [0.1, 0.15) is 35.9 Å². The van der Waals surface area contributed by atoms with Gasteiger partial charge in [-0.25, -0.2) is 0 Å². The zero-order valence-corrected chi connectivity index (χ0v) is 16.0. The lowest BCUT2D eigenvalue weighted by molar-refractivity contribution is -0.141. The van der Waals surface area contributed by atoms with E-state index in [1.165, 1.54) is 18.3 Å². The standard InChI is InChI=1S/C19H24O7S/c1-12(19(23)24)8-14(22)18-10-13-9-15(25-6-2-4-20)16(11-17(13)27-18)26-7-3-5-21/h9-12,20-21H,2-8H2,1H3,(H,23,24)/t12-/m0/s1. The molecule has 0 bridgehead atoms. The molecule has 0 unspecified atom stereocenters. The van der Waals surface area contributed by atoms with Crippen molar-refractivity contribution in [1.29, 1.82) is 0 Å². The van der Waals surface area contributed by atoms with Crippen LogP contribution in [0.15, 0.2) is 18.2 Å². The van der Waals surface area contributed by atoms with E-state index in [-0.39, 0.29) is 25.4 Å². The number of aliphatic carboxylic acids is 1. The number of thiophene rings is 1. The molecule has 148 valence electrons. The summed E-state index contributed by atoms with van der Waals surface area (Å²) in [5.74, 6) is -0.934. The van der Waals surface area contributed by atoms with Crippen molar-refractivity contribution < 1.29 is 34.4 Å². The molecular weight excluding hydrogens is 372 g/mol. The first kappa shape index (κ1) is 21.1. The molecule has 0 fully saturated rings. The predicted octanol–water partition coefficient (Wildman–Crippen LogP) is 2.72. The summed E-state index contributed by atoms with van der Waals surface area (Å²) in [4.78, 5) is 23.8. The number of Topliss-reactive ketones (excluding diaryl/α,β-unsaturated/α-hetero) is 1. The normalized spacial score (nSPS) is 12.1. The van der Waals surface area contributed by atoms with Gasteiger partial charge in [0.25, 0.3) is 0 Å². The number of aliphatic hydroxyl groups excluding tert-OH is 2. The summed E-state index contributed by atoms with van der Waals surface area (Å²) in [6.07, 6.45) is 0.909. The van der Waals surface area contributed by atoms with Crippen LogP contribution < -0.4 is 9.47 Å². The van der Waals surface area contributed by atoms with E-state index in [0.29, 0.717) is 42.4 Å². The quantitative estimate of drug-likeness (QED) is 0.373. The number of benzene rings is 1. The molecule has 0 radical (unpaired) electrons. The first-order chi connectivity index (χ1) is 13.0. The van der Waals surface area contributed by atoms with E-state index in [4.69, 9.17) is 24.8 Å². The third kappa shape index (κ3) is 5.92. The van der Waals surface area contributed by atoms with Crippen LogP contribution in [0.4, 0.5) is 0 Å². The van der Waals surface area contributed by atoms with Gasteiger partial charge in [-0.2, -0.15) is 0 Å². The number of fused-ring (bicyclic) bond motifs is 1. The Hall–Kier alpha value is -2.16. The first-order valence-electron chi connectivity index (χ1n) is 8.77. The minimum Gasteiger partial charge on any atom is -0.490 e. The maximum Gasteiger partial charge on any atom is 0.306 e. The maximum absolute atomic E-state index is 12.3. The molecule has 0 saturated carbocycles. The zero-order valence-electron chi connectivity index (χ0n) is 15.1. The Morgan fingerprint density at radius 3 is 2.19 bits per heavy atom. The summed E-state index contributed by atoms with van der Waals surface area (Å²) in [5, 5.41) is 27.6. The number of aliphatic hydroxyl groups is 2. The Bertz CT molecular complexity index is 737. The van der Waals surface area contributed by atoms with Crippen molar-refractivity contribution in [3.05, 3.63) is 23.1 Å². The lowest BCUT2D eigenvalue weighted by Crippen LogP contribution is -2.13. The third-order valence-corrected chi connectivity index (χ3v) is 5.03. The summed E-state index contributed by atoms with van der Waals surface area (Å²) in [7, 11) is 0. The molecule has 0 amide bonds. The predicted molar refractivity (Wildman–Crippen MR) is 102 cm³/mol.